The molecule has 148 valence electrons. The number of likely N-dealkylation sites (N-methyl/N-ethyl adjacent to an activating group) is 1. The maximum Gasteiger partial charge on any atom is 0.351 e. The maximum atomic E-state index is 13.0. The van der Waals surface area contributed by atoms with Crippen molar-refractivity contribution in [3.63, 3.8) is 0 Å². The Morgan fingerprint density at radius 3 is 2.54 bits per heavy atom. The zero-order valence-corrected chi connectivity index (χ0v) is 16.4. The number of nitrogens with two attached hydrogens (primary N) is 1. The third kappa shape index (κ3) is 4.24. The van der Waals surface area contributed by atoms with Gasteiger partial charge in [0.05, 0.1) is 0 Å². The Hall–Kier alpha value is -2.70. The molecule has 6 nitrogen and oxygen atoms in total. The second-order valence-corrected chi connectivity index (χ2v) is 7.32. The normalized spacial score (nSPS) is 20.7. The largest absolute Gasteiger partial charge is 0.458 e. The van der Waals surface area contributed by atoms with E-state index in [4.69, 9.17) is 10.5 Å². The lowest BCUT2D eigenvalue weighted by Gasteiger charge is -2.36. The van der Waals surface area contributed by atoms with E-state index in [0.29, 0.717) is 19.6 Å². The molecule has 3 rings (SSSR count). The van der Waals surface area contributed by atoms with Crippen LogP contribution in [0, 0.1) is 6.92 Å². The highest BCUT2D eigenvalue weighted by Crippen LogP contribution is 2.23. The lowest BCUT2D eigenvalue weighted by molar-refractivity contribution is -0.168. The van der Waals surface area contributed by atoms with Gasteiger partial charge in [0.25, 0.3) is 5.91 Å². The molecule has 0 unspecified atom stereocenters. The summed E-state index contributed by atoms with van der Waals surface area (Å²) >= 11 is 0. The molecule has 0 spiro atoms. The minimum atomic E-state index is -1.84. The van der Waals surface area contributed by atoms with Gasteiger partial charge in [-0.2, -0.15) is 0 Å². The van der Waals surface area contributed by atoms with Crippen molar-refractivity contribution >= 4 is 11.9 Å². The molecule has 6 heteroatoms. The van der Waals surface area contributed by atoms with Gasteiger partial charge < -0.3 is 9.64 Å². The van der Waals surface area contributed by atoms with E-state index in [1.165, 1.54) is 4.90 Å². The number of carbonyl (C=O) groups excluding carboxylic acids is 2. The van der Waals surface area contributed by atoms with Crippen molar-refractivity contribution in [2.24, 2.45) is 5.73 Å². The summed E-state index contributed by atoms with van der Waals surface area (Å²) in [6, 6.07) is 17.3. The molecule has 1 aliphatic rings. The van der Waals surface area contributed by atoms with Crippen LogP contribution in [0.5, 0.6) is 0 Å². The van der Waals surface area contributed by atoms with Crippen molar-refractivity contribution in [1.29, 1.82) is 0 Å². The monoisotopic (exact) mass is 381 g/mol. The fraction of sp³-hybridized carbons (Fsp3) is 0.364. The van der Waals surface area contributed by atoms with E-state index >= 15 is 0 Å². The molecule has 2 N–H and O–H groups in total. The van der Waals surface area contributed by atoms with Gasteiger partial charge in [-0.15, -0.1) is 0 Å². The fourth-order valence-electron chi connectivity index (χ4n) is 3.49. The van der Waals surface area contributed by atoms with E-state index < -0.39 is 17.5 Å². The minimum absolute atomic E-state index is 0.0773. The van der Waals surface area contributed by atoms with Crippen LogP contribution in [0.1, 0.15) is 23.1 Å². The molecule has 0 radical (unpaired) electrons. The third-order valence-corrected chi connectivity index (χ3v) is 5.07. The lowest BCUT2D eigenvalue weighted by Crippen LogP contribution is -2.68. The number of carbonyl (C=O) groups is 2. The first-order valence-electron chi connectivity index (χ1n) is 9.47. The number of amides is 1. The predicted octanol–water partition coefficient (Wildman–Crippen LogP) is 2.06. The molecule has 0 bridgehead atoms. The lowest BCUT2D eigenvalue weighted by atomic mass is 10.1. The zero-order chi connectivity index (χ0) is 20.1. The highest BCUT2D eigenvalue weighted by Gasteiger charge is 2.51. The number of ether oxygens (including phenoxy) is 1. The molecule has 1 aliphatic heterocycles. The molecule has 0 saturated carbocycles. The van der Waals surface area contributed by atoms with Gasteiger partial charge in [0.15, 0.2) is 0 Å². The van der Waals surface area contributed by atoms with E-state index in [2.05, 4.69) is 0 Å². The molecule has 1 amide bonds. The van der Waals surface area contributed by atoms with Crippen LogP contribution in [-0.4, -0.2) is 47.5 Å². The molecule has 2 aromatic carbocycles. The van der Waals surface area contributed by atoms with Crippen LogP contribution in [0.2, 0.25) is 0 Å². The summed E-state index contributed by atoms with van der Waals surface area (Å²) < 4.78 is 5.48. The summed E-state index contributed by atoms with van der Waals surface area (Å²) in [4.78, 5) is 29.3. The fourth-order valence-corrected chi connectivity index (χ4v) is 3.49. The third-order valence-electron chi connectivity index (χ3n) is 5.07. The Labute approximate surface area is 165 Å². The Morgan fingerprint density at radius 2 is 1.82 bits per heavy atom. The number of nitrogens with zero attached hydrogens (tertiary/aromatic N) is 2. The number of hydrogen-bond acceptors (Lipinski definition) is 5. The van der Waals surface area contributed by atoms with E-state index in [1.807, 2.05) is 61.5 Å². The molecule has 1 saturated heterocycles. The number of benzene rings is 2. The topological polar surface area (TPSA) is 75.9 Å². The van der Waals surface area contributed by atoms with E-state index in [-0.39, 0.29) is 6.61 Å². The van der Waals surface area contributed by atoms with Gasteiger partial charge in [-0.25, -0.2) is 4.79 Å². The quantitative estimate of drug-likeness (QED) is 0.634. The summed E-state index contributed by atoms with van der Waals surface area (Å²) in [7, 11) is 1.67. The number of esters is 1. The highest BCUT2D eigenvalue weighted by atomic mass is 16.5. The summed E-state index contributed by atoms with van der Waals surface area (Å²) in [5.74, 6) is -1.15. The molecule has 0 aromatic heterocycles. The van der Waals surface area contributed by atoms with Crippen LogP contribution in [-0.2, 0) is 27.5 Å². The summed E-state index contributed by atoms with van der Waals surface area (Å²) in [5.41, 5.74) is 7.61. The van der Waals surface area contributed by atoms with Gasteiger partial charge in [-0.05, 0) is 24.5 Å². The Morgan fingerprint density at radius 1 is 1.11 bits per heavy atom. The Kier molecular flexibility index (Phi) is 6.11. The van der Waals surface area contributed by atoms with Crippen molar-refractivity contribution in [1.82, 2.24) is 9.80 Å². The van der Waals surface area contributed by atoms with Crippen LogP contribution in [0.3, 0.4) is 0 Å². The van der Waals surface area contributed by atoms with Gasteiger partial charge >= 0.3 is 5.97 Å². The first kappa shape index (κ1) is 20.0. The van der Waals surface area contributed by atoms with Gasteiger partial charge in [-0.1, -0.05) is 60.2 Å². The number of aryl methyl sites for hydroxylation is 1. The molecule has 28 heavy (non-hydrogen) atoms. The van der Waals surface area contributed by atoms with Crippen LogP contribution < -0.4 is 5.73 Å². The van der Waals surface area contributed by atoms with Crippen LogP contribution in [0.15, 0.2) is 54.6 Å². The SMILES string of the molecule is Cc1cccc(CN2CCCN(C)C(=O)[C@@]2(N)C(=O)OCc2ccccc2)c1. The van der Waals surface area contributed by atoms with E-state index in [0.717, 1.165) is 23.1 Å². The summed E-state index contributed by atoms with van der Waals surface area (Å²) in [6.45, 7) is 3.57. The summed E-state index contributed by atoms with van der Waals surface area (Å²) in [6.07, 6.45) is 0.735. The van der Waals surface area contributed by atoms with Gasteiger partial charge in [0, 0.05) is 26.7 Å². The molecular weight excluding hydrogens is 354 g/mol. The second-order valence-electron chi connectivity index (χ2n) is 7.32. The first-order chi connectivity index (χ1) is 13.4. The maximum absolute atomic E-state index is 13.0. The van der Waals surface area contributed by atoms with E-state index in [9.17, 15) is 9.59 Å². The van der Waals surface area contributed by atoms with Crippen LogP contribution >= 0.6 is 0 Å². The smallest absolute Gasteiger partial charge is 0.351 e. The van der Waals surface area contributed by atoms with Crippen molar-refractivity contribution in [3.8, 4) is 0 Å². The second kappa shape index (κ2) is 8.54. The van der Waals surface area contributed by atoms with Crippen molar-refractivity contribution in [2.75, 3.05) is 20.1 Å². The molecule has 1 fully saturated rings. The summed E-state index contributed by atoms with van der Waals surface area (Å²) in [5, 5.41) is 0. The highest BCUT2D eigenvalue weighted by molar-refractivity contribution is 6.06. The van der Waals surface area contributed by atoms with Crippen molar-refractivity contribution in [3.05, 3.63) is 71.3 Å². The van der Waals surface area contributed by atoms with Crippen molar-refractivity contribution < 1.29 is 14.3 Å². The van der Waals surface area contributed by atoms with Gasteiger partial charge in [0.1, 0.15) is 6.61 Å². The minimum Gasteiger partial charge on any atom is -0.458 e. The average Bonchev–Trinajstić information content (AvgIpc) is 2.80. The van der Waals surface area contributed by atoms with Crippen LogP contribution in [0.4, 0.5) is 0 Å². The van der Waals surface area contributed by atoms with Crippen LogP contribution in [0.25, 0.3) is 0 Å². The Balaban J connectivity index is 1.85. The number of hydrogen-bond donors (Lipinski definition) is 1. The molecule has 2 aromatic rings. The standard InChI is InChI=1S/C22H27N3O3/c1-17-8-6-11-19(14-17)15-25-13-7-12-24(2)20(26)22(25,23)21(27)28-16-18-9-4-3-5-10-18/h3-6,8-11,14H,7,12-13,15-16,23H2,1-2H3/t22-/m0/s1. The predicted molar refractivity (Wildman–Crippen MR) is 107 cm³/mol. The molecule has 1 atom stereocenters. The van der Waals surface area contributed by atoms with Gasteiger partial charge in [-0.3, -0.25) is 15.4 Å². The van der Waals surface area contributed by atoms with E-state index in [1.54, 1.807) is 11.9 Å². The first-order valence-corrected chi connectivity index (χ1v) is 9.47. The van der Waals surface area contributed by atoms with Gasteiger partial charge in [0.2, 0.25) is 5.66 Å². The van der Waals surface area contributed by atoms with Crippen molar-refractivity contribution in [2.45, 2.75) is 32.2 Å². The molecular formula is C22H27N3O3. The molecule has 1 heterocycles. The average molecular weight is 381 g/mol. The zero-order valence-electron chi connectivity index (χ0n) is 16.4. The molecule has 0 aliphatic carbocycles. The number of rotatable bonds is 5. The Bertz CT molecular complexity index is 840.